The first-order valence-corrected chi connectivity index (χ1v) is 16.8. The summed E-state index contributed by atoms with van der Waals surface area (Å²) in [7, 11) is 1.94. The van der Waals surface area contributed by atoms with E-state index in [9.17, 15) is 24.9 Å². The minimum Gasteiger partial charge on any atom is -0.508 e. The molecule has 0 spiro atoms. The average Bonchev–Trinajstić information content (AvgIpc) is 3.11. The number of amides is 1. The van der Waals surface area contributed by atoms with Gasteiger partial charge in [0, 0.05) is 38.0 Å². The van der Waals surface area contributed by atoms with Crippen molar-refractivity contribution in [3.63, 3.8) is 0 Å². The van der Waals surface area contributed by atoms with Crippen molar-refractivity contribution < 1.29 is 39.1 Å². The number of aliphatic hydroxyl groups is 2. The minimum absolute atomic E-state index is 0.0458. The Labute approximate surface area is 293 Å². The van der Waals surface area contributed by atoms with Gasteiger partial charge in [0.15, 0.2) is 12.4 Å². The summed E-state index contributed by atoms with van der Waals surface area (Å²) in [5.41, 5.74) is 6.05. The maximum absolute atomic E-state index is 12.4. The molecule has 1 aliphatic heterocycles. The largest absolute Gasteiger partial charge is 0.508 e. The number of esters is 1. The van der Waals surface area contributed by atoms with Gasteiger partial charge in [-0.15, -0.1) is 0 Å². The second kappa shape index (κ2) is 16.9. The fourth-order valence-corrected chi connectivity index (χ4v) is 6.20. The number of benzene rings is 4. The summed E-state index contributed by atoms with van der Waals surface area (Å²) >= 11 is 0. The molecule has 1 saturated heterocycles. The minimum atomic E-state index is -0.881. The molecule has 5 rings (SSSR count). The summed E-state index contributed by atoms with van der Waals surface area (Å²) in [5.74, 6) is -0.827. The first-order valence-electron chi connectivity index (χ1n) is 16.8. The highest BCUT2D eigenvalue weighted by atomic mass is 16.7. The van der Waals surface area contributed by atoms with Crippen LogP contribution in [-0.2, 0) is 37.0 Å². The number of hydrogen-bond acceptors (Lipinski definition) is 9. The summed E-state index contributed by atoms with van der Waals surface area (Å²) in [6.07, 6.45) is -2.93. The highest BCUT2D eigenvalue weighted by Crippen LogP contribution is 2.42. The Hall–Kier alpha value is -4.58. The standard InChI is InChI=1S/C40H46N2O8/c1-25-37(23-42(4)22-36(46)33-11-7-13-35(45)20-33)49-40(50-38(25)30-16-14-28(24-43)15-17-30)34-12-6-10-32(19-34)31-9-5-8-29(18-31)21-41-39(47)26(2)48-27(3)44/h5-20,25-26,36-38,40,43,45-46H,21-24H2,1-4H3,(H,41,47)/t25-,26-,36+,37+,38+,40+/m0/s1. The van der Waals surface area contributed by atoms with Crippen LogP contribution in [0.1, 0.15) is 67.1 Å². The maximum Gasteiger partial charge on any atom is 0.303 e. The first kappa shape index (κ1) is 36.7. The maximum atomic E-state index is 12.4. The number of rotatable bonds is 13. The highest BCUT2D eigenvalue weighted by Gasteiger charge is 2.39. The van der Waals surface area contributed by atoms with Crippen LogP contribution in [0.15, 0.2) is 97.1 Å². The summed E-state index contributed by atoms with van der Waals surface area (Å²) in [6.45, 7) is 5.99. The van der Waals surface area contributed by atoms with Crippen LogP contribution in [0.3, 0.4) is 0 Å². The Morgan fingerprint density at radius 3 is 2.30 bits per heavy atom. The predicted molar refractivity (Wildman–Crippen MR) is 188 cm³/mol. The predicted octanol–water partition coefficient (Wildman–Crippen LogP) is 5.58. The van der Waals surface area contributed by atoms with E-state index in [1.54, 1.807) is 24.3 Å². The van der Waals surface area contributed by atoms with E-state index < -0.39 is 24.5 Å². The smallest absolute Gasteiger partial charge is 0.303 e. The third-order valence-electron chi connectivity index (χ3n) is 8.95. The number of aromatic hydroxyl groups is 1. The van der Waals surface area contributed by atoms with Crippen LogP contribution >= 0.6 is 0 Å². The van der Waals surface area contributed by atoms with Crippen molar-refractivity contribution in [1.29, 1.82) is 0 Å². The van der Waals surface area contributed by atoms with Crippen LogP contribution < -0.4 is 5.32 Å². The second-order valence-electron chi connectivity index (χ2n) is 12.9. The lowest BCUT2D eigenvalue weighted by Crippen LogP contribution is -2.44. The molecule has 4 aromatic carbocycles. The van der Waals surface area contributed by atoms with Crippen LogP contribution in [-0.4, -0.2) is 64.4 Å². The SMILES string of the molecule is CC(=O)O[C@@H](C)C(=O)NCc1cccc(-c2cccc([C@@H]3O[C@H](CN(C)C[C@@H](O)c4cccc(O)c4)[C@H](C)[C@H](c4ccc(CO)cc4)O3)c2)c1. The number of hydrogen-bond donors (Lipinski definition) is 4. The van der Waals surface area contributed by atoms with Gasteiger partial charge in [0.05, 0.1) is 24.9 Å². The third kappa shape index (κ3) is 9.56. The summed E-state index contributed by atoms with van der Waals surface area (Å²) in [6, 6.07) is 30.2. The molecular formula is C40H46N2O8. The van der Waals surface area contributed by atoms with E-state index in [4.69, 9.17) is 14.2 Å². The molecule has 1 heterocycles. The molecule has 1 aliphatic rings. The molecule has 0 aromatic heterocycles. The van der Waals surface area contributed by atoms with Crippen LogP contribution in [0.5, 0.6) is 5.75 Å². The van der Waals surface area contributed by atoms with E-state index in [2.05, 4.69) is 12.2 Å². The Bertz CT molecular complexity index is 1750. The first-order chi connectivity index (χ1) is 24.0. The van der Waals surface area contributed by atoms with Gasteiger partial charge in [-0.25, -0.2) is 0 Å². The summed E-state index contributed by atoms with van der Waals surface area (Å²) in [4.78, 5) is 25.6. The van der Waals surface area contributed by atoms with Crippen LogP contribution in [0, 0.1) is 5.92 Å². The number of phenols is 1. The van der Waals surface area contributed by atoms with E-state index in [0.717, 1.165) is 33.4 Å². The highest BCUT2D eigenvalue weighted by molar-refractivity contribution is 5.82. The third-order valence-corrected chi connectivity index (χ3v) is 8.95. The van der Waals surface area contributed by atoms with Gasteiger partial charge in [0.1, 0.15) is 5.75 Å². The van der Waals surface area contributed by atoms with Crippen molar-refractivity contribution in [3.05, 3.63) is 125 Å². The quantitative estimate of drug-likeness (QED) is 0.133. The number of nitrogens with zero attached hydrogens (tertiary/aromatic N) is 1. The summed E-state index contributed by atoms with van der Waals surface area (Å²) in [5, 5.41) is 33.2. The fraction of sp³-hybridized carbons (Fsp3) is 0.350. The molecule has 10 nitrogen and oxygen atoms in total. The van der Waals surface area contributed by atoms with E-state index in [1.165, 1.54) is 13.8 Å². The van der Waals surface area contributed by atoms with Gasteiger partial charge < -0.3 is 39.7 Å². The molecule has 0 aliphatic carbocycles. The van der Waals surface area contributed by atoms with Crippen molar-refractivity contribution in [2.75, 3.05) is 20.1 Å². The number of phenolic OH excluding ortho intramolecular Hbond substituents is 1. The molecule has 0 radical (unpaired) electrons. The zero-order valence-electron chi connectivity index (χ0n) is 28.9. The van der Waals surface area contributed by atoms with Gasteiger partial charge in [0.25, 0.3) is 5.91 Å². The van der Waals surface area contributed by atoms with Crippen LogP contribution in [0.4, 0.5) is 0 Å². The van der Waals surface area contributed by atoms with Gasteiger partial charge in [0.2, 0.25) is 0 Å². The van der Waals surface area contributed by atoms with Gasteiger partial charge in [-0.1, -0.05) is 79.7 Å². The number of nitrogens with one attached hydrogen (secondary N) is 1. The van der Waals surface area contributed by atoms with Gasteiger partial charge in [-0.2, -0.15) is 0 Å². The fourth-order valence-electron chi connectivity index (χ4n) is 6.20. The van der Waals surface area contributed by atoms with E-state index >= 15 is 0 Å². The zero-order chi connectivity index (χ0) is 35.8. The van der Waals surface area contributed by atoms with E-state index in [1.807, 2.05) is 84.7 Å². The zero-order valence-corrected chi connectivity index (χ0v) is 28.9. The number of ether oxygens (including phenoxy) is 3. The molecule has 0 bridgehead atoms. The molecule has 264 valence electrons. The lowest BCUT2D eigenvalue weighted by molar-refractivity contribution is -0.276. The Kier molecular flexibility index (Phi) is 12.4. The van der Waals surface area contributed by atoms with Crippen LogP contribution in [0.2, 0.25) is 0 Å². The van der Waals surface area contributed by atoms with Crippen molar-refractivity contribution in [1.82, 2.24) is 10.2 Å². The molecule has 1 amide bonds. The monoisotopic (exact) mass is 682 g/mol. The number of likely N-dealkylation sites (N-methyl/N-ethyl adjacent to an activating group) is 1. The van der Waals surface area contributed by atoms with Gasteiger partial charge in [-0.3, -0.25) is 9.59 Å². The molecule has 0 unspecified atom stereocenters. The van der Waals surface area contributed by atoms with Crippen molar-refractivity contribution in [2.45, 2.75) is 64.6 Å². The molecule has 0 saturated carbocycles. The molecule has 1 fully saturated rings. The number of aliphatic hydroxyl groups excluding tert-OH is 2. The number of carbonyl (C=O) groups excluding carboxylic acids is 2. The Morgan fingerprint density at radius 2 is 1.60 bits per heavy atom. The van der Waals surface area contributed by atoms with Crippen molar-refractivity contribution >= 4 is 11.9 Å². The van der Waals surface area contributed by atoms with E-state index in [0.29, 0.717) is 18.7 Å². The van der Waals surface area contributed by atoms with Crippen molar-refractivity contribution in [2.24, 2.45) is 5.92 Å². The lowest BCUT2D eigenvalue weighted by Gasteiger charge is -2.42. The van der Waals surface area contributed by atoms with Gasteiger partial charge >= 0.3 is 5.97 Å². The average molecular weight is 683 g/mol. The number of carbonyl (C=O) groups is 2. The molecule has 6 atom stereocenters. The molecule has 10 heteroatoms. The summed E-state index contributed by atoms with van der Waals surface area (Å²) < 4.78 is 18.3. The normalized spacial score (nSPS) is 20.2. The lowest BCUT2D eigenvalue weighted by atomic mass is 9.89. The molecule has 4 N–H and O–H groups in total. The van der Waals surface area contributed by atoms with Gasteiger partial charge in [-0.05, 0) is 71.6 Å². The topological polar surface area (TPSA) is 138 Å². The second-order valence-corrected chi connectivity index (χ2v) is 12.9. The molecular weight excluding hydrogens is 636 g/mol. The van der Waals surface area contributed by atoms with E-state index in [-0.39, 0.29) is 42.9 Å². The van der Waals surface area contributed by atoms with Crippen LogP contribution in [0.25, 0.3) is 11.1 Å². The molecule has 4 aromatic rings. The Balaban J connectivity index is 1.35. The van der Waals surface area contributed by atoms with Crippen molar-refractivity contribution in [3.8, 4) is 16.9 Å². The Morgan fingerprint density at radius 1 is 0.900 bits per heavy atom. The molecule has 50 heavy (non-hydrogen) atoms.